The van der Waals surface area contributed by atoms with Gasteiger partial charge in [0.25, 0.3) is 0 Å². The Morgan fingerprint density at radius 2 is 2.42 bits per heavy atom. The minimum absolute atomic E-state index is 0.232. The number of aromatic nitrogens is 2. The standard InChI is InChI=1S/C8H11N3O/c9-8-10-4-5-3-6(12)1-2-7(5)11-8/h4,6,12H,1-3H2,(H2,9,10,11)/t6-/m0/s1. The number of fused-ring (bicyclic) bond motifs is 1. The fourth-order valence-electron chi connectivity index (χ4n) is 1.50. The first-order chi connectivity index (χ1) is 5.75. The maximum absolute atomic E-state index is 9.34. The highest BCUT2D eigenvalue weighted by molar-refractivity contribution is 5.27. The van der Waals surface area contributed by atoms with Crippen LogP contribution in [-0.2, 0) is 12.8 Å². The Balaban J connectivity index is 2.37. The third-order valence-corrected chi connectivity index (χ3v) is 2.14. The highest BCUT2D eigenvalue weighted by Gasteiger charge is 2.17. The van der Waals surface area contributed by atoms with E-state index in [1.165, 1.54) is 0 Å². The van der Waals surface area contributed by atoms with Gasteiger partial charge < -0.3 is 10.8 Å². The minimum Gasteiger partial charge on any atom is -0.393 e. The number of aliphatic hydroxyl groups is 1. The summed E-state index contributed by atoms with van der Waals surface area (Å²) < 4.78 is 0. The molecule has 0 unspecified atom stereocenters. The van der Waals surface area contributed by atoms with Crippen LogP contribution in [0.1, 0.15) is 17.7 Å². The van der Waals surface area contributed by atoms with Crippen molar-refractivity contribution in [3.63, 3.8) is 0 Å². The molecule has 0 bridgehead atoms. The first kappa shape index (κ1) is 7.49. The van der Waals surface area contributed by atoms with Crippen molar-refractivity contribution in [3.05, 3.63) is 17.5 Å². The summed E-state index contributed by atoms with van der Waals surface area (Å²) in [5, 5.41) is 9.34. The Morgan fingerprint density at radius 1 is 1.58 bits per heavy atom. The lowest BCUT2D eigenvalue weighted by Gasteiger charge is -2.18. The molecule has 1 aromatic heterocycles. The molecule has 0 saturated carbocycles. The molecule has 0 fully saturated rings. The molecule has 0 amide bonds. The summed E-state index contributed by atoms with van der Waals surface area (Å²) in [5.74, 6) is 0.324. The maximum atomic E-state index is 9.34. The van der Waals surface area contributed by atoms with Crippen LogP contribution in [-0.4, -0.2) is 21.2 Å². The quantitative estimate of drug-likeness (QED) is 0.563. The molecule has 4 heteroatoms. The summed E-state index contributed by atoms with van der Waals surface area (Å²) in [6, 6.07) is 0. The lowest BCUT2D eigenvalue weighted by atomic mass is 9.95. The van der Waals surface area contributed by atoms with E-state index in [9.17, 15) is 5.11 Å². The number of hydrogen-bond acceptors (Lipinski definition) is 4. The van der Waals surface area contributed by atoms with Gasteiger partial charge in [0, 0.05) is 18.3 Å². The summed E-state index contributed by atoms with van der Waals surface area (Å²) in [5.41, 5.74) is 7.46. The molecule has 0 radical (unpaired) electrons. The van der Waals surface area contributed by atoms with Gasteiger partial charge in [-0.05, 0) is 18.4 Å². The van der Waals surface area contributed by atoms with Crippen molar-refractivity contribution in [1.82, 2.24) is 9.97 Å². The highest BCUT2D eigenvalue weighted by Crippen LogP contribution is 2.18. The van der Waals surface area contributed by atoms with Crippen molar-refractivity contribution in [3.8, 4) is 0 Å². The first-order valence-corrected chi connectivity index (χ1v) is 4.04. The Kier molecular flexibility index (Phi) is 1.69. The Morgan fingerprint density at radius 3 is 3.25 bits per heavy atom. The molecule has 12 heavy (non-hydrogen) atoms. The fourth-order valence-corrected chi connectivity index (χ4v) is 1.50. The van der Waals surface area contributed by atoms with Crippen LogP contribution in [0.5, 0.6) is 0 Å². The van der Waals surface area contributed by atoms with Crippen LogP contribution in [0, 0.1) is 0 Å². The molecule has 0 aliphatic heterocycles. The molecule has 1 aliphatic carbocycles. The van der Waals surface area contributed by atoms with Crippen LogP contribution < -0.4 is 5.73 Å². The minimum atomic E-state index is -0.232. The zero-order chi connectivity index (χ0) is 8.55. The van der Waals surface area contributed by atoms with Gasteiger partial charge in [0.15, 0.2) is 0 Å². The van der Waals surface area contributed by atoms with Crippen molar-refractivity contribution in [2.24, 2.45) is 0 Å². The number of aryl methyl sites for hydroxylation is 1. The number of anilines is 1. The predicted molar refractivity (Wildman–Crippen MR) is 44.5 cm³/mol. The van der Waals surface area contributed by atoms with Crippen LogP contribution in [0.15, 0.2) is 6.20 Å². The molecule has 1 aliphatic rings. The van der Waals surface area contributed by atoms with Gasteiger partial charge in [-0.25, -0.2) is 9.97 Å². The van der Waals surface area contributed by atoms with Gasteiger partial charge in [0.2, 0.25) is 5.95 Å². The first-order valence-electron chi connectivity index (χ1n) is 4.04. The third-order valence-electron chi connectivity index (χ3n) is 2.14. The number of nitrogen functional groups attached to an aromatic ring is 1. The zero-order valence-corrected chi connectivity index (χ0v) is 6.70. The smallest absolute Gasteiger partial charge is 0.220 e. The molecule has 0 aromatic carbocycles. The van der Waals surface area contributed by atoms with Gasteiger partial charge >= 0.3 is 0 Å². The predicted octanol–water partition coefficient (Wildman–Crippen LogP) is -0.0916. The van der Waals surface area contributed by atoms with Crippen LogP contribution in [0.2, 0.25) is 0 Å². The zero-order valence-electron chi connectivity index (χ0n) is 6.70. The molecular weight excluding hydrogens is 154 g/mol. The topological polar surface area (TPSA) is 72.0 Å². The van der Waals surface area contributed by atoms with E-state index in [1.807, 2.05) is 0 Å². The molecule has 3 N–H and O–H groups in total. The van der Waals surface area contributed by atoms with E-state index in [1.54, 1.807) is 6.20 Å². The fraction of sp³-hybridized carbons (Fsp3) is 0.500. The number of rotatable bonds is 0. The molecule has 64 valence electrons. The maximum Gasteiger partial charge on any atom is 0.220 e. The van der Waals surface area contributed by atoms with Crippen LogP contribution in [0.4, 0.5) is 5.95 Å². The normalized spacial score (nSPS) is 21.9. The Hall–Kier alpha value is -1.16. The second-order valence-electron chi connectivity index (χ2n) is 3.10. The van der Waals surface area contributed by atoms with Crippen molar-refractivity contribution in [1.29, 1.82) is 0 Å². The Bertz CT molecular complexity index is 300. The van der Waals surface area contributed by atoms with Crippen LogP contribution in [0.25, 0.3) is 0 Å². The van der Waals surface area contributed by atoms with Crippen molar-refractivity contribution >= 4 is 5.95 Å². The van der Waals surface area contributed by atoms with Gasteiger partial charge in [-0.3, -0.25) is 0 Å². The lowest BCUT2D eigenvalue weighted by molar-refractivity contribution is 0.157. The summed E-state index contributed by atoms with van der Waals surface area (Å²) in [4.78, 5) is 7.99. The molecule has 2 rings (SSSR count). The molecule has 0 spiro atoms. The number of nitrogens with zero attached hydrogens (tertiary/aromatic N) is 2. The van der Waals surface area contributed by atoms with Crippen LogP contribution in [0.3, 0.4) is 0 Å². The van der Waals surface area contributed by atoms with Crippen molar-refractivity contribution in [2.45, 2.75) is 25.4 Å². The van der Waals surface area contributed by atoms with E-state index < -0.39 is 0 Å². The molecule has 1 aromatic rings. The van der Waals surface area contributed by atoms with Gasteiger partial charge in [0.05, 0.1) is 6.10 Å². The number of aliphatic hydroxyl groups excluding tert-OH is 1. The van der Waals surface area contributed by atoms with Gasteiger partial charge in [0.1, 0.15) is 0 Å². The van der Waals surface area contributed by atoms with E-state index >= 15 is 0 Å². The van der Waals surface area contributed by atoms with Crippen molar-refractivity contribution in [2.75, 3.05) is 5.73 Å². The summed E-state index contributed by atoms with van der Waals surface area (Å²) in [7, 11) is 0. The van der Waals surface area contributed by atoms with E-state index in [0.717, 1.165) is 24.1 Å². The second-order valence-corrected chi connectivity index (χ2v) is 3.10. The average molecular weight is 165 g/mol. The van der Waals surface area contributed by atoms with E-state index in [-0.39, 0.29) is 6.10 Å². The molecule has 1 atom stereocenters. The SMILES string of the molecule is Nc1ncc2c(n1)CC[C@H](O)C2. The molecule has 4 nitrogen and oxygen atoms in total. The average Bonchev–Trinajstić information content (AvgIpc) is 2.05. The van der Waals surface area contributed by atoms with Gasteiger partial charge in [-0.15, -0.1) is 0 Å². The number of hydrogen-bond donors (Lipinski definition) is 2. The highest BCUT2D eigenvalue weighted by atomic mass is 16.3. The molecule has 1 heterocycles. The van der Waals surface area contributed by atoms with Gasteiger partial charge in [-0.2, -0.15) is 0 Å². The monoisotopic (exact) mass is 165 g/mol. The largest absolute Gasteiger partial charge is 0.393 e. The third kappa shape index (κ3) is 1.25. The molecular formula is C8H11N3O. The van der Waals surface area contributed by atoms with Crippen molar-refractivity contribution < 1.29 is 5.11 Å². The summed E-state index contributed by atoms with van der Waals surface area (Å²) in [6.45, 7) is 0. The van der Waals surface area contributed by atoms with E-state index in [2.05, 4.69) is 9.97 Å². The second kappa shape index (κ2) is 2.71. The molecule has 0 saturated heterocycles. The van der Waals surface area contributed by atoms with Crippen LogP contribution >= 0.6 is 0 Å². The lowest BCUT2D eigenvalue weighted by Crippen LogP contribution is -2.20. The summed E-state index contributed by atoms with van der Waals surface area (Å²) in [6.07, 6.45) is 3.73. The van der Waals surface area contributed by atoms with E-state index in [4.69, 9.17) is 5.73 Å². The summed E-state index contributed by atoms with van der Waals surface area (Å²) >= 11 is 0. The Labute approximate surface area is 70.5 Å². The number of nitrogens with two attached hydrogens (primary N) is 1. The van der Waals surface area contributed by atoms with Gasteiger partial charge in [-0.1, -0.05) is 0 Å². The van der Waals surface area contributed by atoms with E-state index in [0.29, 0.717) is 12.4 Å².